The number of imide groups is 1. The maximum atomic E-state index is 13.6. The largest absolute Gasteiger partial charge is 0.329 e. The van der Waals surface area contributed by atoms with Crippen LogP contribution in [0, 0.1) is 12.7 Å². The molecule has 1 aliphatic rings. The summed E-state index contributed by atoms with van der Waals surface area (Å²) < 4.78 is 14.6. The molecule has 1 saturated heterocycles. The van der Waals surface area contributed by atoms with E-state index >= 15 is 0 Å². The summed E-state index contributed by atoms with van der Waals surface area (Å²) in [6.45, 7) is 1.85. The molecule has 2 N–H and O–H groups in total. The third-order valence-electron chi connectivity index (χ3n) is 5.92. The first-order chi connectivity index (χ1) is 17.3. The van der Waals surface area contributed by atoms with Crippen molar-refractivity contribution in [2.24, 2.45) is 0 Å². The van der Waals surface area contributed by atoms with Gasteiger partial charge in [0, 0.05) is 10.6 Å². The number of aromatic nitrogens is 2. The van der Waals surface area contributed by atoms with E-state index < -0.39 is 17.8 Å². The molecular formula is C27H20ClFN4O3. The molecule has 0 saturated carbocycles. The predicted octanol–water partition coefficient (Wildman–Crippen LogP) is 5.03. The molecule has 1 aromatic heterocycles. The van der Waals surface area contributed by atoms with Crippen molar-refractivity contribution in [1.29, 1.82) is 0 Å². The number of aryl methyl sites for hydroxylation is 1. The fourth-order valence-corrected chi connectivity index (χ4v) is 4.16. The molecule has 3 amide bonds. The van der Waals surface area contributed by atoms with Crippen molar-refractivity contribution in [2.45, 2.75) is 13.5 Å². The molecule has 1 aliphatic heterocycles. The number of aromatic amines is 1. The van der Waals surface area contributed by atoms with E-state index in [4.69, 9.17) is 11.6 Å². The number of carbonyl (C=O) groups excluding carboxylic acids is 2. The SMILES string of the molecule is Cc1ccccc1-n1[nH]c(-c2ccc(Cl)cc2)c(C=C2NC(=O)N(Cc3ccc(F)cc3)C2=O)c1=O. The van der Waals surface area contributed by atoms with Crippen molar-refractivity contribution in [3.63, 3.8) is 0 Å². The number of rotatable bonds is 5. The Morgan fingerprint density at radius 3 is 2.33 bits per heavy atom. The summed E-state index contributed by atoms with van der Waals surface area (Å²) in [5.41, 5.74) is 3.04. The van der Waals surface area contributed by atoms with Gasteiger partial charge in [0.2, 0.25) is 0 Å². The van der Waals surface area contributed by atoms with E-state index in [0.29, 0.717) is 27.5 Å². The van der Waals surface area contributed by atoms with E-state index in [1.165, 1.54) is 35.0 Å². The van der Waals surface area contributed by atoms with Gasteiger partial charge in [0.25, 0.3) is 11.5 Å². The maximum absolute atomic E-state index is 13.6. The zero-order valence-electron chi connectivity index (χ0n) is 19.1. The van der Waals surface area contributed by atoms with Crippen LogP contribution in [0.2, 0.25) is 5.02 Å². The Balaban J connectivity index is 1.58. The average Bonchev–Trinajstić information content (AvgIpc) is 3.32. The van der Waals surface area contributed by atoms with Crippen molar-refractivity contribution in [3.8, 4) is 16.9 Å². The number of carbonyl (C=O) groups is 2. The number of hydrogen-bond acceptors (Lipinski definition) is 3. The number of hydrogen-bond donors (Lipinski definition) is 2. The fourth-order valence-electron chi connectivity index (χ4n) is 4.04. The van der Waals surface area contributed by atoms with Crippen LogP contribution in [0.25, 0.3) is 23.0 Å². The molecule has 0 bridgehead atoms. The van der Waals surface area contributed by atoms with Crippen LogP contribution in [-0.2, 0) is 11.3 Å². The second-order valence-electron chi connectivity index (χ2n) is 8.34. The lowest BCUT2D eigenvalue weighted by Crippen LogP contribution is -2.30. The first-order valence-corrected chi connectivity index (χ1v) is 11.5. The molecule has 2 heterocycles. The fraction of sp³-hybridized carbons (Fsp3) is 0.0741. The number of benzene rings is 3. The molecule has 0 spiro atoms. The Kier molecular flexibility index (Phi) is 6.03. The summed E-state index contributed by atoms with van der Waals surface area (Å²) in [6, 6.07) is 19.2. The lowest BCUT2D eigenvalue weighted by molar-refractivity contribution is -0.123. The van der Waals surface area contributed by atoms with Crippen LogP contribution in [0.4, 0.5) is 9.18 Å². The molecule has 9 heteroatoms. The number of nitrogens with one attached hydrogen (secondary N) is 2. The lowest BCUT2D eigenvalue weighted by Gasteiger charge is -2.11. The van der Waals surface area contributed by atoms with Crippen LogP contribution in [0.15, 0.2) is 83.3 Å². The van der Waals surface area contributed by atoms with E-state index in [-0.39, 0.29) is 23.4 Å². The summed E-state index contributed by atoms with van der Waals surface area (Å²) in [7, 11) is 0. The molecule has 3 aromatic carbocycles. The monoisotopic (exact) mass is 502 g/mol. The molecule has 180 valence electrons. The van der Waals surface area contributed by atoms with E-state index in [9.17, 15) is 18.8 Å². The summed E-state index contributed by atoms with van der Waals surface area (Å²) >= 11 is 6.05. The minimum atomic E-state index is -0.626. The molecule has 7 nitrogen and oxygen atoms in total. The van der Waals surface area contributed by atoms with E-state index in [1.54, 1.807) is 24.3 Å². The minimum Gasteiger partial charge on any atom is -0.303 e. The lowest BCUT2D eigenvalue weighted by atomic mass is 10.1. The van der Waals surface area contributed by atoms with Gasteiger partial charge in [0.15, 0.2) is 0 Å². The first-order valence-electron chi connectivity index (χ1n) is 11.1. The topological polar surface area (TPSA) is 87.2 Å². The van der Waals surface area contributed by atoms with Crippen molar-refractivity contribution in [1.82, 2.24) is 20.0 Å². The standard InChI is InChI=1S/C27H20ClFN4O3/c1-16-4-2-3-5-23(16)33-25(34)21(24(31-33)18-8-10-19(28)11-9-18)14-22-26(35)32(27(36)30-22)15-17-6-12-20(29)13-7-17/h2-14,31H,15H2,1H3,(H,30,36). The van der Waals surface area contributed by atoms with Gasteiger partial charge < -0.3 is 5.32 Å². The van der Waals surface area contributed by atoms with Crippen molar-refractivity contribution in [3.05, 3.63) is 116 Å². The van der Waals surface area contributed by atoms with Crippen LogP contribution in [0.3, 0.4) is 0 Å². The zero-order valence-corrected chi connectivity index (χ0v) is 19.8. The number of para-hydroxylation sites is 1. The third kappa shape index (κ3) is 4.34. The van der Waals surface area contributed by atoms with Crippen LogP contribution >= 0.6 is 11.6 Å². The molecule has 0 aliphatic carbocycles. The Bertz CT molecular complexity index is 1570. The van der Waals surface area contributed by atoms with Crippen LogP contribution in [0.5, 0.6) is 0 Å². The summed E-state index contributed by atoms with van der Waals surface area (Å²) in [5, 5.41) is 6.23. The highest BCUT2D eigenvalue weighted by Crippen LogP contribution is 2.26. The van der Waals surface area contributed by atoms with Gasteiger partial charge in [0.1, 0.15) is 11.5 Å². The number of H-pyrrole nitrogens is 1. The van der Waals surface area contributed by atoms with Crippen LogP contribution < -0.4 is 10.9 Å². The number of amides is 3. The predicted molar refractivity (Wildman–Crippen MR) is 135 cm³/mol. The summed E-state index contributed by atoms with van der Waals surface area (Å²) in [5.74, 6) is -1.00. The summed E-state index contributed by atoms with van der Waals surface area (Å²) in [4.78, 5) is 40.2. The Morgan fingerprint density at radius 2 is 1.64 bits per heavy atom. The molecular weight excluding hydrogens is 483 g/mol. The van der Waals surface area contributed by atoms with E-state index in [1.807, 2.05) is 31.2 Å². The first kappa shape index (κ1) is 23.3. The Morgan fingerprint density at radius 1 is 0.944 bits per heavy atom. The highest BCUT2D eigenvalue weighted by atomic mass is 35.5. The van der Waals surface area contributed by atoms with Gasteiger partial charge in [0.05, 0.1) is 23.5 Å². The molecule has 5 rings (SSSR count). The van der Waals surface area contributed by atoms with Gasteiger partial charge in [-0.25, -0.2) is 13.9 Å². The van der Waals surface area contributed by atoms with Gasteiger partial charge >= 0.3 is 6.03 Å². The van der Waals surface area contributed by atoms with Gasteiger partial charge in [-0.1, -0.05) is 54.1 Å². The van der Waals surface area contributed by atoms with Gasteiger partial charge in [-0.3, -0.25) is 19.6 Å². The van der Waals surface area contributed by atoms with Gasteiger partial charge in [-0.15, -0.1) is 0 Å². The number of nitrogens with zero attached hydrogens (tertiary/aromatic N) is 2. The Labute approximate surface area is 210 Å². The third-order valence-corrected chi connectivity index (χ3v) is 6.17. The highest BCUT2D eigenvalue weighted by molar-refractivity contribution is 6.30. The van der Waals surface area contributed by atoms with Crippen LogP contribution in [0.1, 0.15) is 16.7 Å². The minimum absolute atomic E-state index is 0.0348. The number of urea groups is 1. The zero-order chi connectivity index (χ0) is 25.4. The molecule has 0 radical (unpaired) electrons. The molecule has 4 aromatic rings. The summed E-state index contributed by atoms with van der Waals surface area (Å²) in [6.07, 6.45) is 1.38. The molecule has 0 atom stereocenters. The van der Waals surface area contributed by atoms with E-state index in [0.717, 1.165) is 10.5 Å². The van der Waals surface area contributed by atoms with Crippen LogP contribution in [-0.4, -0.2) is 26.6 Å². The van der Waals surface area contributed by atoms with E-state index in [2.05, 4.69) is 10.4 Å². The number of halogens is 2. The molecule has 1 fully saturated rings. The average molecular weight is 503 g/mol. The highest BCUT2D eigenvalue weighted by Gasteiger charge is 2.34. The van der Waals surface area contributed by atoms with Crippen molar-refractivity contribution < 1.29 is 14.0 Å². The van der Waals surface area contributed by atoms with Crippen molar-refractivity contribution >= 4 is 29.6 Å². The molecule has 0 unspecified atom stereocenters. The second kappa shape index (κ2) is 9.31. The normalized spacial score (nSPS) is 14.5. The smallest absolute Gasteiger partial charge is 0.303 e. The second-order valence-corrected chi connectivity index (χ2v) is 8.78. The van der Waals surface area contributed by atoms with Crippen molar-refractivity contribution in [2.75, 3.05) is 0 Å². The maximum Gasteiger partial charge on any atom is 0.329 e. The quantitative estimate of drug-likeness (QED) is 0.296. The van der Waals surface area contributed by atoms with Gasteiger partial charge in [-0.05, 0) is 54.5 Å². The molecule has 36 heavy (non-hydrogen) atoms. The Hall–Kier alpha value is -4.43. The van der Waals surface area contributed by atoms with Gasteiger partial charge in [-0.2, -0.15) is 0 Å².